The fraction of sp³-hybridized carbons (Fsp3) is 0.750. The third-order valence-electron chi connectivity index (χ3n) is 8.29. The fourth-order valence-electron chi connectivity index (χ4n) is 6.28. The van der Waals surface area contributed by atoms with Crippen LogP contribution in [0.3, 0.4) is 0 Å². The summed E-state index contributed by atoms with van der Waals surface area (Å²) in [5, 5.41) is 12.2. The Morgan fingerprint density at radius 3 is 2.45 bits per heavy atom. The Balaban J connectivity index is 1.08. The SMILES string of the molecule is NC1CC2(CCN(CC3CCN(c4ccc(C5CCC(O)NC5=O)nc4)CC3)CC2)C1. The van der Waals surface area contributed by atoms with Crippen LogP contribution in [0.5, 0.6) is 0 Å². The maximum Gasteiger partial charge on any atom is 0.231 e. The molecular weight excluding hydrogens is 390 g/mol. The molecule has 31 heavy (non-hydrogen) atoms. The van der Waals surface area contributed by atoms with Crippen molar-refractivity contribution in [2.24, 2.45) is 17.1 Å². The van der Waals surface area contributed by atoms with Crippen molar-refractivity contribution in [2.45, 2.75) is 69.6 Å². The third kappa shape index (κ3) is 4.59. The number of anilines is 1. The Morgan fingerprint density at radius 1 is 1.10 bits per heavy atom. The van der Waals surface area contributed by atoms with Gasteiger partial charge < -0.3 is 26.0 Å². The minimum atomic E-state index is -0.716. The zero-order chi connectivity index (χ0) is 21.4. The molecule has 4 N–H and O–H groups in total. The Morgan fingerprint density at radius 2 is 1.84 bits per heavy atom. The quantitative estimate of drug-likeness (QED) is 0.679. The number of aromatic nitrogens is 1. The lowest BCUT2D eigenvalue weighted by molar-refractivity contribution is -0.128. The molecule has 1 aliphatic carbocycles. The number of rotatable bonds is 4. The summed E-state index contributed by atoms with van der Waals surface area (Å²) < 4.78 is 0. The number of amides is 1. The molecule has 4 fully saturated rings. The van der Waals surface area contributed by atoms with Crippen molar-refractivity contribution in [1.82, 2.24) is 15.2 Å². The van der Waals surface area contributed by atoms with Gasteiger partial charge >= 0.3 is 0 Å². The number of nitrogens with two attached hydrogens (primary N) is 1. The molecule has 7 nitrogen and oxygen atoms in total. The van der Waals surface area contributed by atoms with Gasteiger partial charge in [-0.2, -0.15) is 0 Å². The number of hydrogen-bond acceptors (Lipinski definition) is 6. The van der Waals surface area contributed by atoms with Crippen LogP contribution in [0.4, 0.5) is 5.69 Å². The molecule has 1 aromatic rings. The summed E-state index contributed by atoms with van der Waals surface area (Å²) in [6.45, 7) is 5.91. The van der Waals surface area contributed by atoms with Gasteiger partial charge in [0.15, 0.2) is 0 Å². The van der Waals surface area contributed by atoms with Crippen LogP contribution in [0, 0.1) is 11.3 Å². The Hall–Kier alpha value is -1.70. The lowest BCUT2D eigenvalue weighted by Gasteiger charge is -2.51. The van der Waals surface area contributed by atoms with E-state index in [2.05, 4.69) is 26.2 Å². The summed E-state index contributed by atoms with van der Waals surface area (Å²) in [6, 6.07) is 4.56. The first-order chi connectivity index (χ1) is 15.0. The molecule has 0 aromatic carbocycles. The van der Waals surface area contributed by atoms with Crippen LogP contribution in [0.1, 0.15) is 63.0 Å². The molecule has 1 spiro atoms. The van der Waals surface area contributed by atoms with Gasteiger partial charge in [-0.05, 0) is 87.9 Å². The van der Waals surface area contributed by atoms with Crippen LogP contribution in [0.25, 0.3) is 0 Å². The molecule has 0 bridgehead atoms. The van der Waals surface area contributed by atoms with Gasteiger partial charge in [0.05, 0.1) is 23.5 Å². The van der Waals surface area contributed by atoms with Crippen molar-refractivity contribution < 1.29 is 9.90 Å². The molecule has 4 heterocycles. The molecule has 7 heteroatoms. The first-order valence-electron chi connectivity index (χ1n) is 12.2. The smallest absolute Gasteiger partial charge is 0.231 e. The average molecular weight is 428 g/mol. The number of aliphatic hydroxyl groups excluding tert-OH is 1. The Kier molecular flexibility index (Phi) is 5.92. The average Bonchev–Trinajstić information content (AvgIpc) is 2.75. The predicted molar refractivity (Wildman–Crippen MR) is 121 cm³/mol. The molecule has 3 aliphatic heterocycles. The molecule has 170 valence electrons. The second kappa shape index (κ2) is 8.68. The maximum atomic E-state index is 12.1. The van der Waals surface area contributed by atoms with E-state index >= 15 is 0 Å². The number of piperidine rings is 3. The van der Waals surface area contributed by atoms with Crippen LogP contribution in [0.15, 0.2) is 18.3 Å². The summed E-state index contributed by atoms with van der Waals surface area (Å²) in [6.07, 6.45) is 10.1. The second-order valence-electron chi connectivity index (χ2n) is 10.5. The van der Waals surface area contributed by atoms with Crippen LogP contribution in [-0.2, 0) is 4.79 Å². The molecule has 2 unspecified atom stereocenters. The van der Waals surface area contributed by atoms with Crippen LogP contribution >= 0.6 is 0 Å². The number of hydrogen-bond donors (Lipinski definition) is 3. The number of nitrogens with zero attached hydrogens (tertiary/aromatic N) is 3. The molecule has 2 atom stereocenters. The first-order valence-corrected chi connectivity index (χ1v) is 12.2. The highest BCUT2D eigenvalue weighted by molar-refractivity contribution is 5.84. The summed E-state index contributed by atoms with van der Waals surface area (Å²) in [7, 11) is 0. The van der Waals surface area contributed by atoms with E-state index in [1.54, 1.807) is 0 Å². The maximum absolute atomic E-state index is 12.1. The zero-order valence-corrected chi connectivity index (χ0v) is 18.5. The molecule has 5 rings (SSSR count). The number of aliphatic hydroxyl groups is 1. The van der Waals surface area contributed by atoms with Gasteiger partial charge in [-0.1, -0.05) is 0 Å². The monoisotopic (exact) mass is 427 g/mol. The minimum Gasteiger partial charge on any atom is -0.374 e. The van der Waals surface area contributed by atoms with E-state index in [0.29, 0.717) is 24.3 Å². The van der Waals surface area contributed by atoms with E-state index in [1.165, 1.54) is 58.2 Å². The van der Waals surface area contributed by atoms with Gasteiger partial charge in [-0.3, -0.25) is 9.78 Å². The minimum absolute atomic E-state index is 0.122. The number of carbonyl (C=O) groups excluding carboxylic acids is 1. The van der Waals surface area contributed by atoms with E-state index in [9.17, 15) is 9.90 Å². The highest BCUT2D eigenvalue weighted by atomic mass is 16.3. The normalized spacial score (nSPS) is 30.3. The summed E-state index contributed by atoms with van der Waals surface area (Å²) in [4.78, 5) is 21.8. The van der Waals surface area contributed by atoms with Crippen molar-refractivity contribution in [3.05, 3.63) is 24.0 Å². The van der Waals surface area contributed by atoms with Gasteiger partial charge in [0.2, 0.25) is 5.91 Å². The lowest BCUT2D eigenvalue weighted by atomic mass is 9.60. The number of likely N-dealkylation sites (tertiary alicyclic amines) is 1. The molecule has 4 aliphatic rings. The van der Waals surface area contributed by atoms with Crippen LogP contribution in [0.2, 0.25) is 0 Å². The van der Waals surface area contributed by atoms with Crippen molar-refractivity contribution >= 4 is 11.6 Å². The van der Waals surface area contributed by atoms with Crippen LogP contribution in [-0.4, -0.2) is 65.9 Å². The van der Waals surface area contributed by atoms with Gasteiger partial charge in [-0.25, -0.2) is 0 Å². The van der Waals surface area contributed by atoms with E-state index in [1.807, 2.05) is 12.3 Å². The first kappa shape index (κ1) is 21.2. The van der Waals surface area contributed by atoms with Gasteiger partial charge in [-0.15, -0.1) is 0 Å². The van der Waals surface area contributed by atoms with Crippen molar-refractivity contribution in [2.75, 3.05) is 37.6 Å². The lowest BCUT2D eigenvalue weighted by Crippen LogP contribution is -2.52. The number of carbonyl (C=O) groups is 1. The molecule has 1 amide bonds. The van der Waals surface area contributed by atoms with E-state index in [0.717, 1.165) is 30.4 Å². The summed E-state index contributed by atoms with van der Waals surface area (Å²) >= 11 is 0. The highest BCUT2D eigenvalue weighted by Crippen LogP contribution is 2.48. The van der Waals surface area contributed by atoms with Gasteiger partial charge in [0.25, 0.3) is 0 Å². The highest BCUT2D eigenvalue weighted by Gasteiger charge is 2.44. The fourth-order valence-corrected chi connectivity index (χ4v) is 6.28. The Labute approximate surface area is 185 Å². The molecule has 3 saturated heterocycles. The van der Waals surface area contributed by atoms with E-state index in [-0.39, 0.29) is 11.8 Å². The standard InChI is InChI=1S/C24H37N5O2/c25-18-13-24(14-18)7-11-28(12-8-24)16-17-5-9-29(10-6-17)19-1-3-21(26-15-19)20-2-4-22(30)27-23(20)31/h1,3,15,17-18,20,22,30H,2,4-14,16,25H2,(H,27,31). The van der Waals surface area contributed by atoms with Crippen molar-refractivity contribution in [3.8, 4) is 0 Å². The number of pyridine rings is 1. The molecule has 0 radical (unpaired) electrons. The third-order valence-corrected chi connectivity index (χ3v) is 8.29. The van der Waals surface area contributed by atoms with Crippen LogP contribution < -0.4 is 16.0 Å². The predicted octanol–water partition coefficient (Wildman–Crippen LogP) is 1.81. The molecule has 1 aromatic heterocycles. The summed E-state index contributed by atoms with van der Waals surface area (Å²) in [5.74, 6) is 0.421. The topological polar surface area (TPSA) is 94.7 Å². The van der Waals surface area contributed by atoms with Gasteiger partial charge in [0, 0.05) is 25.7 Å². The second-order valence-corrected chi connectivity index (χ2v) is 10.5. The molecule has 1 saturated carbocycles. The Bertz CT molecular complexity index is 761. The largest absolute Gasteiger partial charge is 0.374 e. The van der Waals surface area contributed by atoms with E-state index in [4.69, 9.17) is 5.73 Å². The van der Waals surface area contributed by atoms with Crippen molar-refractivity contribution in [3.63, 3.8) is 0 Å². The zero-order valence-electron chi connectivity index (χ0n) is 18.5. The van der Waals surface area contributed by atoms with E-state index < -0.39 is 6.23 Å². The number of nitrogens with one attached hydrogen (secondary N) is 1. The van der Waals surface area contributed by atoms with Gasteiger partial charge in [0.1, 0.15) is 6.23 Å². The summed E-state index contributed by atoms with van der Waals surface area (Å²) in [5.41, 5.74) is 8.59. The van der Waals surface area contributed by atoms with Crippen molar-refractivity contribution in [1.29, 1.82) is 0 Å². The molecular formula is C24H37N5O2.